The van der Waals surface area contributed by atoms with E-state index < -0.39 is 6.10 Å². The quantitative estimate of drug-likeness (QED) is 0.580. The summed E-state index contributed by atoms with van der Waals surface area (Å²) in [5, 5.41) is 30.4. The minimum Gasteiger partial charge on any atom is -0.508 e. The van der Waals surface area contributed by atoms with E-state index in [0.29, 0.717) is 17.4 Å². The van der Waals surface area contributed by atoms with Crippen molar-refractivity contribution in [1.82, 2.24) is 5.32 Å². The smallest absolute Gasteiger partial charge is 0.115 e. The Morgan fingerprint density at radius 2 is 1.70 bits per heavy atom. The summed E-state index contributed by atoms with van der Waals surface area (Å²) >= 11 is 0. The van der Waals surface area contributed by atoms with Crippen LogP contribution in [-0.4, -0.2) is 35.0 Å². The van der Waals surface area contributed by atoms with Gasteiger partial charge >= 0.3 is 0 Å². The summed E-state index contributed by atoms with van der Waals surface area (Å²) in [5.74, 6) is 0.478. The first-order chi connectivity index (χ1) is 11.0. The molecule has 126 valence electrons. The van der Waals surface area contributed by atoms with Gasteiger partial charge in [-0.2, -0.15) is 0 Å². The fourth-order valence-electron chi connectivity index (χ4n) is 1.96. The first-order valence-corrected chi connectivity index (χ1v) is 7.58. The van der Waals surface area contributed by atoms with Crippen LogP contribution in [0.15, 0.2) is 48.5 Å². The Morgan fingerprint density at radius 1 is 1.04 bits per heavy atom. The number of nitrogens with one attached hydrogen (secondary N) is 1. The molecular weight excluding hydrogens is 292 g/mol. The van der Waals surface area contributed by atoms with E-state index in [-0.39, 0.29) is 12.3 Å². The van der Waals surface area contributed by atoms with Crippen molar-refractivity contribution in [2.24, 2.45) is 5.73 Å². The number of benzene rings is 2. The first kappa shape index (κ1) is 19.0. The van der Waals surface area contributed by atoms with E-state index in [0.717, 1.165) is 6.42 Å². The number of aromatic hydroxyl groups is 2. The lowest BCUT2D eigenvalue weighted by Crippen LogP contribution is -2.23. The van der Waals surface area contributed by atoms with E-state index >= 15 is 0 Å². The average molecular weight is 318 g/mol. The molecule has 2 unspecified atom stereocenters. The van der Waals surface area contributed by atoms with E-state index in [4.69, 9.17) is 15.9 Å². The van der Waals surface area contributed by atoms with Gasteiger partial charge in [0.2, 0.25) is 0 Å². The van der Waals surface area contributed by atoms with Gasteiger partial charge in [0.15, 0.2) is 0 Å². The molecule has 0 aliphatic carbocycles. The number of phenols is 2. The van der Waals surface area contributed by atoms with Crippen LogP contribution in [0.5, 0.6) is 11.5 Å². The van der Waals surface area contributed by atoms with Gasteiger partial charge in [-0.25, -0.2) is 0 Å². The van der Waals surface area contributed by atoms with Crippen molar-refractivity contribution in [3.05, 3.63) is 59.7 Å². The highest BCUT2D eigenvalue weighted by molar-refractivity contribution is 5.28. The van der Waals surface area contributed by atoms with Crippen LogP contribution in [0.2, 0.25) is 0 Å². The third-order valence-electron chi connectivity index (χ3n) is 3.45. The predicted molar refractivity (Wildman–Crippen MR) is 92.5 cm³/mol. The topological polar surface area (TPSA) is 98.7 Å². The SMILES string of the molecule is CNC(C)Cc1ccc(O)cc1.NCC(O)c1cccc(O)c1. The molecular formula is C18H26N2O3. The molecule has 0 radical (unpaired) electrons. The molecule has 0 spiro atoms. The molecule has 5 heteroatoms. The summed E-state index contributed by atoms with van der Waals surface area (Å²) < 4.78 is 0. The predicted octanol–water partition coefficient (Wildman–Crippen LogP) is 1.93. The third-order valence-corrected chi connectivity index (χ3v) is 3.45. The fraction of sp³-hybridized carbons (Fsp3) is 0.333. The van der Waals surface area contributed by atoms with E-state index in [2.05, 4.69) is 12.2 Å². The van der Waals surface area contributed by atoms with Gasteiger partial charge in [-0.15, -0.1) is 0 Å². The monoisotopic (exact) mass is 318 g/mol. The van der Waals surface area contributed by atoms with Crippen molar-refractivity contribution >= 4 is 0 Å². The Kier molecular flexibility index (Phi) is 8.11. The number of hydrogen-bond donors (Lipinski definition) is 5. The second-order valence-corrected chi connectivity index (χ2v) is 5.41. The zero-order valence-electron chi connectivity index (χ0n) is 13.6. The lowest BCUT2D eigenvalue weighted by atomic mass is 10.1. The maximum atomic E-state index is 9.22. The average Bonchev–Trinajstić information content (AvgIpc) is 2.56. The van der Waals surface area contributed by atoms with Gasteiger partial charge in [-0.3, -0.25) is 0 Å². The van der Waals surface area contributed by atoms with E-state index in [1.807, 2.05) is 19.2 Å². The minimum atomic E-state index is -0.679. The van der Waals surface area contributed by atoms with Gasteiger partial charge in [0.1, 0.15) is 11.5 Å². The van der Waals surface area contributed by atoms with Crippen LogP contribution < -0.4 is 11.1 Å². The molecule has 0 aliphatic rings. The van der Waals surface area contributed by atoms with Crippen molar-refractivity contribution in [2.75, 3.05) is 13.6 Å². The van der Waals surface area contributed by atoms with Crippen LogP contribution in [0.4, 0.5) is 0 Å². The molecule has 0 bridgehead atoms. The number of nitrogens with two attached hydrogens (primary N) is 1. The summed E-state index contributed by atoms with van der Waals surface area (Å²) in [5.41, 5.74) is 7.11. The molecule has 6 N–H and O–H groups in total. The van der Waals surface area contributed by atoms with Crippen molar-refractivity contribution in [2.45, 2.75) is 25.5 Å². The Balaban J connectivity index is 0.000000231. The molecule has 5 nitrogen and oxygen atoms in total. The van der Waals surface area contributed by atoms with Crippen molar-refractivity contribution in [3.63, 3.8) is 0 Å². The Bertz CT molecular complexity index is 573. The van der Waals surface area contributed by atoms with E-state index in [9.17, 15) is 5.11 Å². The van der Waals surface area contributed by atoms with Crippen LogP contribution >= 0.6 is 0 Å². The number of phenolic OH excluding ortho intramolecular Hbond substituents is 2. The molecule has 0 fully saturated rings. The number of aliphatic hydroxyl groups excluding tert-OH is 1. The Hall–Kier alpha value is -2.08. The molecule has 0 saturated carbocycles. The maximum absolute atomic E-state index is 9.22. The highest BCUT2D eigenvalue weighted by Gasteiger charge is 2.04. The van der Waals surface area contributed by atoms with Crippen LogP contribution in [0.3, 0.4) is 0 Å². The zero-order chi connectivity index (χ0) is 17.2. The molecule has 0 aromatic heterocycles. The summed E-state index contributed by atoms with van der Waals surface area (Å²) in [6.45, 7) is 2.30. The van der Waals surface area contributed by atoms with Crippen molar-refractivity contribution in [3.8, 4) is 11.5 Å². The van der Waals surface area contributed by atoms with Crippen molar-refractivity contribution < 1.29 is 15.3 Å². The van der Waals surface area contributed by atoms with Crippen LogP contribution in [0.1, 0.15) is 24.2 Å². The second-order valence-electron chi connectivity index (χ2n) is 5.41. The van der Waals surface area contributed by atoms with Crippen molar-refractivity contribution in [1.29, 1.82) is 0 Å². The van der Waals surface area contributed by atoms with Gasteiger partial charge in [-0.1, -0.05) is 24.3 Å². The van der Waals surface area contributed by atoms with Crippen LogP contribution in [0.25, 0.3) is 0 Å². The number of hydrogen-bond acceptors (Lipinski definition) is 5. The molecule has 23 heavy (non-hydrogen) atoms. The molecule has 0 heterocycles. The van der Waals surface area contributed by atoms with Gasteiger partial charge in [-0.05, 0) is 55.8 Å². The zero-order valence-corrected chi connectivity index (χ0v) is 13.6. The number of likely N-dealkylation sites (N-methyl/N-ethyl adjacent to an activating group) is 1. The lowest BCUT2D eigenvalue weighted by Gasteiger charge is -2.09. The standard InChI is InChI=1S/C10H15NO.C8H11NO2/c1-8(11-2)7-9-3-5-10(12)6-4-9;9-5-8(11)6-2-1-3-7(10)4-6/h3-6,8,11-12H,7H2,1-2H3;1-4,8,10-11H,5,9H2. The Morgan fingerprint density at radius 3 is 2.22 bits per heavy atom. The lowest BCUT2D eigenvalue weighted by molar-refractivity contribution is 0.186. The third kappa shape index (κ3) is 7.15. The molecule has 2 rings (SSSR count). The Labute approximate surface area is 137 Å². The minimum absolute atomic E-state index is 0.148. The highest BCUT2D eigenvalue weighted by atomic mass is 16.3. The van der Waals surface area contributed by atoms with Gasteiger partial charge in [0, 0.05) is 12.6 Å². The maximum Gasteiger partial charge on any atom is 0.115 e. The molecule has 0 aliphatic heterocycles. The molecule has 0 saturated heterocycles. The summed E-state index contributed by atoms with van der Waals surface area (Å²) in [6, 6.07) is 14.3. The molecule has 2 atom stereocenters. The number of aliphatic hydroxyl groups is 1. The van der Waals surface area contributed by atoms with Crippen LogP contribution in [0, 0.1) is 0 Å². The first-order valence-electron chi connectivity index (χ1n) is 7.58. The summed E-state index contributed by atoms with van der Waals surface area (Å²) in [4.78, 5) is 0. The van der Waals surface area contributed by atoms with Gasteiger partial charge < -0.3 is 26.4 Å². The highest BCUT2D eigenvalue weighted by Crippen LogP contribution is 2.16. The normalized spacial score (nSPS) is 12.9. The largest absolute Gasteiger partial charge is 0.508 e. The molecule has 2 aromatic rings. The van der Waals surface area contributed by atoms with Gasteiger partial charge in [0.25, 0.3) is 0 Å². The summed E-state index contributed by atoms with van der Waals surface area (Å²) in [7, 11) is 1.95. The summed E-state index contributed by atoms with van der Waals surface area (Å²) in [6.07, 6.45) is 0.318. The van der Waals surface area contributed by atoms with Gasteiger partial charge in [0.05, 0.1) is 6.10 Å². The van der Waals surface area contributed by atoms with Crippen LogP contribution in [-0.2, 0) is 6.42 Å². The second kappa shape index (κ2) is 9.84. The number of rotatable bonds is 5. The van der Waals surface area contributed by atoms with E-state index in [1.54, 1.807) is 30.3 Å². The molecule has 0 amide bonds. The van der Waals surface area contributed by atoms with E-state index in [1.165, 1.54) is 11.6 Å². The fourth-order valence-corrected chi connectivity index (χ4v) is 1.96. The molecule has 2 aromatic carbocycles.